The first kappa shape index (κ1) is 20.8. The maximum absolute atomic E-state index is 13.4. The summed E-state index contributed by atoms with van der Waals surface area (Å²) in [6.45, 7) is 5.05. The molecule has 7 nitrogen and oxygen atoms in total. The molecule has 166 valence electrons. The van der Waals surface area contributed by atoms with Crippen molar-refractivity contribution >= 4 is 28.2 Å². The predicted molar refractivity (Wildman–Crippen MR) is 123 cm³/mol. The van der Waals surface area contributed by atoms with E-state index >= 15 is 0 Å². The summed E-state index contributed by atoms with van der Waals surface area (Å²) in [5.74, 6) is 0.238. The first-order valence-electron chi connectivity index (χ1n) is 10.8. The third kappa shape index (κ3) is 4.16. The van der Waals surface area contributed by atoms with Crippen LogP contribution in [0.15, 0.2) is 59.2 Å². The maximum atomic E-state index is 13.4. The molecule has 4 heterocycles. The summed E-state index contributed by atoms with van der Waals surface area (Å²) < 4.78 is 10.7. The van der Waals surface area contributed by atoms with Crippen LogP contribution in [0.1, 0.15) is 20.2 Å². The zero-order valence-corrected chi connectivity index (χ0v) is 18.6. The Labute approximate surface area is 190 Å². The Bertz CT molecular complexity index is 1070. The van der Waals surface area contributed by atoms with Gasteiger partial charge in [0.2, 0.25) is 0 Å². The zero-order valence-electron chi connectivity index (χ0n) is 17.7. The molecule has 2 aliphatic rings. The van der Waals surface area contributed by atoms with E-state index < -0.39 is 0 Å². The van der Waals surface area contributed by atoms with Gasteiger partial charge in [0.15, 0.2) is 5.76 Å². The molecule has 8 heteroatoms. The number of thiophene rings is 1. The molecule has 0 N–H and O–H groups in total. The molecule has 0 bridgehead atoms. The van der Waals surface area contributed by atoms with E-state index in [2.05, 4.69) is 17.0 Å². The lowest BCUT2D eigenvalue weighted by atomic mass is 10.1. The maximum Gasteiger partial charge on any atom is 0.289 e. The molecular weight excluding hydrogens is 426 g/mol. The molecule has 0 unspecified atom stereocenters. The topological polar surface area (TPSA) is 66.2 Å². The summed E-state index contributed by atoms with van der Waals surface area (Å²) in [5.41, 5.74) is 2.20. The van der Waals surface area contributed by atoms with Gasteiger partial charge in [-0.3, -0.25) is 9.59 Å². The number of morpholine rings is 1. The summed E-state index contributed by atoms with van der Waals surface area (Å²) in [6, 6.07) is 15.6. The molecule has 2 aliphatic heterocycles. The van der Waals surface area contributed by atoms with Crippen LogP contribution >= 0.6 is 11.3 Å². The number of benzene rings is 1. The highest BCUT2D eigenvalue weighted by atomic mass is 32.1. The summed E-state index contributed by atoms with van der Waals surface area (Å²) >= 11 is 1.55. The predicted octanol–water partition coefficient (Wildman–Crippen LogP) is 3.44. The van der Waals surface area contributed by atoms with Crippen molar-refractivity contribution in [2.24, 2.45) is 0 Å². The fraction of sp³-hybridized carbons (Fsp3) is 0.333. The summed E-state index contributed by atoms with van der Waals surface area (Å²) in [5, 5.41) is 1.12. The molecule has 2 saturated heterocycles. The number of hydrogen-bond acceptors (Lipinski definition) is 6. The minimum absolute atomic E-state index is 0.0248. The molecule has 0 radical (unpaired) electrons. The number of anilines is 1. The first-order chi connectivity index (χ1) is 15.7. The second kappa shape index (κ2) is 9.18. The van der Waals surface area contributed by atoms with Gasteiger partial charge in [-0.05, 0) is 23.8 Å². The fourth-order valence-corrected chi connectivity index (χ4v) is 5.34. The van der Waals surface area contributed by atoms with Crippen molar-refractivity contribution in [3.8, 4) is 11.1 Å². The smallest absolute Gasteiger partial charge is 0.289 e. The molecule has 0 saturated carbocycles. The van der Waals surface area contributed by atoms with Crippen molar-refractivity contribution in [1.29, 1.82) is 0 Å². The minimum Gasteiger partial charge on any atom is -0.459 e. The molecule has 5 rings (SSSR count). The molecule has 1 aromatic carbocycles. The van der Waals surface area contributed by atoms with E-state index in [1.54, 1.807) is 28.4 Å². The Morgan fingerprint density at radius 3 is 2.16 bits per heavy atom. The average molecular weight is 452 g/mol. The van der Waals surface area contributed by atoms with Crippen LogP contribution in [0, 0.1) is 0 Å². The summed E-state index contributed by atoms with van der Waals surface area (Å²) in [6.07, 6.45) is 1.50. The van der Waals surface area contributed by atoms with Gasteiger partial charge >= 0.3 is 0 Å². The molecule has 32 heavy (non-hydrogen) atoms. The van der Waals surface area contributed by atoms with Gasteiger partial charge in [-0.15, -0.1) is 11.3 Å². The van der Waals surface area contributed by atoms with Gasteiger partial charge < -0.3 is 23.9 Å². The van der Waals surface area contributed by atoms with Crippen LogP contribution in [0.3, 0.4) is 0 Å². The number of carbonyl (C=O) groups excluding carboxylic acids is 2. The molecular formula is C24H25N3O4S. The molecule has 0 atom stereocenters. The van der Waals surface area contributed by atoms with Gasteiger partial charge in [0.1, 0.15) is 0 Å². The van der Waals surface area contributed by atoms with Crippen molar-refractivity contribution in [3.05, 3.63) is 65.4 Å². The Hall–Kier alpha value is -3.10. The van der Waals surface area contributed by atoms with Crippen LogP contribution in [0.25, 0.3) is 11.1 Å². The van der Waals surface area contributed by atoms with Crippen LogP contribution in [0.2, 0.25) is 0 Å². The SMILES string of the molecule is O=C(c1ccco1)N1CCN(C(=O)c2cc(-c3ccccc3)c(N3CCOCC3)s2)CC1. The third-order valence-electron chi connectivity index (χ3n) is 5.89. The fourth-order valence-electron chi connectivity index (χ4n) is 4.14. The molecule has 0 aliphatic carbocycles. The minimum atomic E-state index is -0.126. The second-order valence-corrected chi connectivity index (χ2v) is 8.89. The lowest BCUT2D eigenvalue weighted by Crippen LogP contribution is -2.50. The second-order valence-electron chi connectivity index (χ2n) is 7.86. The van der Waals surface area contributed by atoms with Crippen molar-refractivity contribution in [1.82, 2.24) is 9.80 Å². The van der Waals surface area contributed by atoms with Crippen LogP contribution < -0.4 is 4.90 Å². The van der Waals surface area contributed by atoms with Gasteiger partial charge in [0, 0.05) is 44.8 Å². The Morgan fingerprint density at radius 2 is 1.50 bits per heavy atom. The van der Waals surface area contributed by atoms with Gasteiger partial charge in [-0.1, -0.05) is 30.3 Å². The Kier molecular flexibility index (Phi) is 5.96. The van der Waals surface area contributed by atoms with Crippen molar-refractivity contribution < 1.29 is 18.7 Å². The van der Waals surface area contributed by atoms with Gasteiger partial charge in [-0.25, -0.2) is 0 Å². The number of amides is 2. The van der Waals surface area contributed by atoms with E-state index in [4.69, 9.17) is 9.15 Å². The molecule has 3 aromatic rings. The Balaban J connectivity index is 1.34. The van der Waals surface area contributed by atoms with Crippen molar-refractivity contribution in [3.63, 3.8) is 0 Å². The highest BCUT2D eigenvalue weighted by Gasteiger charge is 2.29. The van der Waals surface area contributed by atoms with E-state index in [0.717, 1.165) is 34.1 Å². The van der Waals surface area contributed by atoms with E-state index in [1.807, 2.05) is 29.2 Å². The lowest BCUT2D eigenvalue weighted by molar-refractivity contribution is 0.0520. The number of piperazine rings is 1. The molecule has 2 amide bonds. The first-order valence-corrected chi connectivity index (χ1v) is 11.7. The zero-order chi connectivity index (χ0) is 21.9. The standard InChI is InChI=1S/C24H25N3O4S/c28-22(20-7-4-14-31-20)25-8-10-26(11-9-25)23(29)21-17-19(18-5-2-1-3-6-18)24(32-21)27-12-15-30-16-13-27/h1-7,14,17H,8-13,15-16H2. The van der Waals surface area contributed by atoms with Gasteiger partial charge in [0.25, 0.3) is 11.8 Å². The highest BCUT2D eigenvalue weighted by Crippen LogP contribution is 2.40. The van der Waals surface area contributed by atoms with Crippen LogP contribution in [0.4, 0.5) is 5.00 Å². The van der Waals surface area contributed by atoms with Crippen molar-refractivity contribution in [2.45, 2.75) is 0 Å². The summed E-state index contributed by atoms with van der Waals surface area (Å²) in [4.78, 5) is 32.5. The highest BCUT2D eigenvalue weighted by molar-refractivity contribution is 7.18. The van der Waals surface area contributed by atoms with E-state index in [0.29, 0.717) is 45.2 Å². The summed E-state index contributed by atoms with van der Waals surface area (Å²) in [7, 11) is 0. The monoisotopic (exact) mass is 451 g/mol. The largest absolute Gasteiger partial charge is 0.459 e. The number of ether oxygens (including phenoxy) is 1. The number of hydrogen-bond donors (Lipinski definition) is 0. The van der Waals surface area contributed by atoms with E-state index in [1.165, 1.54) is 6.26 Å². The van der Waals surface area contributed by atoms with E-state index in [-0.39, 0.29) is 11.8 Å². The number of rotatable bonds is 4. The van der Waals surface area contributed by atoms with Crippen molar-refractivity contribution in [2.75, 3.05) is 57.4 Å². The van der Waals surface area contributed by atoms with Crippen LogP contribution in [-0.2, 0) is 4.74 Å². The molecule has 0 spiro atoms. The average Bonchev–Trinajstić information content (AvgIpc) is 3.55. The normalized spacial score (nSPS) is 16.9. The lowest BCUT2D eigenvalue weighted by Gasteiger charge is -2.34. The quantitative estimate of drug-likeness (QED) is 0.608. The third-order valence-corrected chi connectivity index (χ3v) is 7.08. The van der Waals surface area contributed by atoms with Gasteiger partial charge in [-0.2, -0.15) is 0 Å². The molecule has 2 fully saturated rings. The number of nitrogens with zero attached hydrogens (tertiary/aromatic N) is 3. The van der Waals surface area contributed by atoms with Gasteiger partial charge in [0.05, 0.1) is 29.4 Å². The number of furan rings is 1. The molecule has 2 aromatic heterocycles. The van der Waals surface area contributed by atoms with E-state index in [9.17, 15) is 9.59 Å². The number of carbonyl (C=O) groups is 2. The van der Waals surface area contributed by atoms with Crippen LogP contribution in [-0.4, -0.2) is 74.1 Å². The van der Waals surface area contributed by atoms with Crippen LogP contribution in [0.5, 0.6) is 0 Å². The Morgan fingerprint density at radius 1 is 0.812 bits per heavy atom.